The van der Waals surface area contributed by atoms with Gasteiger partial charge in [-0.3, -0.25) is 0 Å². The first-order chi connectivity index (χ1) is 8.13. The van der Waals surface area contributed by atoms with E-state index in [4.69, 9.17) is 0 Å². The first-order valence-electron chi connectivity index (χ1n) is 6.47. The van der Waals surface area contributed by atoms with Crippen LogP contribution in [0.5, 0.6) is 0 Å². The van der Waals surface area contributed by atoms with Crippen molar-refractivity contribution in [2.45, 2.75) is 44.2 Å². The van der Waals surface area contributed by atoms with Gasteiger partial charge < -0.3 is 5.32 Å². The zero-order valence-corrected chi connectivity index (χ0v) is 11.1. The predicted molar refractivity (Wildman–Crippen MR) is 69.4 cm³/mol. The summed E-state index contributed by atoms with van der Waals surface area (Å²) in [4.78, 5) is 0. The van der Waals surface area contributed by atoms with E-state index in [1.54, 1.807) is 10.4 Å². The lowest BCUT2D eigenvalue weighted by Crippen LogP contribution is -2.36. The van der Waals surface area contributed by atoms with Crippen LogP contribution in [0.2, 0.25) is 0 Å². The summed E-state index contributed by atoms with van der Waals surface area (Å²) >= 11 is 0. The van der Waals surface area contributed by atoms with Crippen LogP contribution in [0.25, 0.3) is 0 Å². The summed E-state index contributed by atoms with van der Waals surface area (Å²) in [6.45, 7) is 4.91. The molecule has 1 N–H and O–H groups in total. The van der Waals surface area contributed by atoms with Gasteiger partial charge in [0.05, 0.1) is 5.75 Å². The normalized spacial score (nSPS) is 20.8. The molecule has 0 aromatic rings. The van der Waals surface area contributed by atoms with Crippen LogP contribution in [0.1, 0.15) is 32.1 Å². The van der Waals surface area contributed by atoms with Crippen LogP contribution in [0.15, 0.2) is 12.7 Å². The van der Waals surface area contributed by atoms with Gasteiger partial charge in [0.25, 0.3) is 0 Å². The summed E-state index contributed by atoms with van der Waals surface area (Å²) in [5.41, 5.74) is 0. The Labute approximate surface area is 104 Å². The minimum absolute atomic E-state index is 0.245. The van der Waals surface area contributed by atoms with Crippen molar-refractivity contribution in [1.29, 1.82) is 0 Å². The first kappa shape index (κ1) is 13.1. The Hall–Kier alpha value is -0.390. The molecular formula is C12H22N2O2S. The van der Waals surface area contributed by atoms with Crippen molar-refractivity contribution in [3.63, 3.8) is 0 Å². The predicted octanol–water partition coefficient (Wildman–Crippen LogP) is 1.11. The summed E-state index contributed by atoms with van der Waals surface area (Å²) in [6, 6.07) is 0.903. The fourth-order valence-corrected chi connectivity index (χ4v) is 3.69. The summed E-state index contributed by atoms with van der Waals surface area (Å²) in [7, 11) is -3.08. The van der Waals surface area contributed by atoms with E-state index in [1.807, 2.05) is 0 Å². The number of nitrogens with one attached hydrogen (secondary N) is 1. The molecule has 0 bridgehead atoms. The number of sulfonamides is 1. The van der Waals surface area contributed by atoms with E-state index in [0.717, 1.165) is 19.4 Å². The van der Waals surface area contributed by atoms with Gasteiger partial charge in [-0.15, -0.1) is 6.58 Å². The number of rotatable bonds is 9. The maximum Gasteiger partial charge on any atom is 0.214 e. The van der Waals surface area contributed by atoms with Crippen molar-refractivity contribution >= 4 is 10.0 Å². The largest absolute Gasteiger partial charge is 0.314 e. The molecule has 0 heterocycles. The third-order valence-corrected chi connectivity index (χ3v) is 5.18. The van der Waals surface area contributed by atoms with Crippen LogP contribution in [-0.2, 0) is 10.0 Å². The van der Waals surface area contributed by atoms with Gasteiger partial charge in [-0.2, -0.15) is 4.31 Å². The maximum absolute atomic E-state index is 12.1. The fourth-order valence-electron chi connectivity index (χ4n) is 1.94. The molecule has 0 aliphatic heterocycles. The van der Waals surface area contributed by atoms with Crippen LogP contribution in [0.4, 0.5) is 0 Å². The summed E-state index contributed by atoms with van der Waals surface area (Å²) in [5, 5.41) is 3.34. The highest BCUT2D eigenvalue weighted by Gasteiger charge is 2.35. The highest BCUT2D eigenvalue weighted by molar-refractivity contribution is 7.89. The van der Waals surface area contributed by atoms with Gasteiger partial charge in [-0.05, 0) is 38.6 Å². The molecule has 2 fully saturated rings. The first-order valence-corrected chi connectivity index (χ1v) is 8.08. The van der Waals surface area contributed by atoms with Gasteiger partial charge in [-0.1, -0.05) is 6.08 Å². The van der Waals surface area contributed by atoms with Crippen molar-refractivity contribution in [3.05, 3.63) is 12.7 Å². The molecule has 4 nitrogen and oxygen atoms in total. The smallest absolute Gasteiger partial charge is 0.214 e. The number of hydrogen-bond acceptors (Lipinski definition) is 3. The Bertz CT molecular complexity index is 359. The quantitative estimate of drug-likeness (QED) is 0.498. The average Bonchev–Trinajstić information content (AvgIpc) is 3.14. The molecule has 2 rings (SSSR count). The number of nitrogens with zero attached hydrogens (tertiary/aromatic N) is 1. The molecule has 17 heavy (non-hydrogen) atoms. The van der Waals surface area contributed by atoms with Crippen molar-refractivity contribution < 1.29 is 8.42 Å². The molecule has 98 valence electrons. The molecule has 0 aromatic heterocycles. The van der Waals surface area contributed by atoms with Crippen molar-refractivity contribution in [1.82, 2.24) is 9.62 Å². The third kappa shape index (κ3) is 4.08. The second kappa shape index (κ2) is 5.50. The van der Waals surface area contributed by atoms with Crippen molar-refractivity contribution in [2.75, 3.05) is 18.8 Å². The lowest BCUT2D eigenvalue weighted by molar-refractivity contribution is 0.434. The molecule has 2 aliphatic rings. The Balaban J connectivity index is 1.75. The highest BCUT2D eigenvalue weighted by atomic mass is 32.2. The summed E-state index contributed by atoms with van der Waals surface area (Å²) in [5.74, 6) is 0.261. The van der Waals surface area contributed by atoms with E-state index >= 15 is 0 Å². The Morgan fingerprint density at radius 2 is 2.00 bits per heavy atom. The lowest BCUT2D eigenvalue weighted by atomic mass is 10.5. The minimum Gasteiger partial charge on any atom is -0.314 e. The monoisotopic (exact) mass is 258 g/mol. The Morgan fingerprint density at radius 3 is 2.53 bits per heavy atom. The molecule has 5 heteroatoms. The van der Waals surface area contributed by atoms with Gasteiger partial charge in [0.15, 0.2) is 0 Å². The Kier molecular flexibility index (Phi) is 4.22. The summed E-state index contributed by atoms with van der Waals surface area (Å²) < 4.78 is 25.8. The van der Waals surface area contributed by atoms with Crippen LogP contribution in [0, 0.1) is 0 Å². The molecular weight excluding hydrogens is 236 g/mol. The second-order valence-corrected chi connectivity index (χ2v) is 7.03. The van der Waals surface area contributed by atoms with E-state index in [2.05, 4.69) is 11.9 Å². The van der Waals surface area contributed by atoms with Crippen molar-refractivity contribution in [2.24, 2.45) is 0 Å². The Morgan fingerprint density at radius 1 is 1.29 bits per heavy atom. The topological polar surface area (TPSA) is 49.4 Å². The average molecular weight is 258 g/mol. The van der Waals surface area contributed by atoms with Gasteiger partial charge in [-0.25, -0.2) is 8.42 Å². The number of hydrogen-bond donors (Lipinski definition) is 1. The molecule has 2 aliphatic carbocycles. The molecule has 0 aromatic carbocycles. The SMILES string of the molecule is C=CCN(C1CC1)S(=O)(=O)CCCNC1CC1. The van der Waals surface area contributed by atoms with Crippen LogP contribution < -0.4 is 5.32 Å². The van der Waals surface area contributed by atoms with E-state index in [-0.39, 0.29) is 11.8 Å². The van der Waals surface area contributed by atoms with Gasteiger partial charge >= 0.3 is 0 Å². The second-order valence-electron chi connectivity index (χ2n) is 4.99. The lowest BCUT2D eigenvalue weighted by Gasteiger charge is -2.20. The maximum atomic E-state index is 12.1. The zero-order valence-electron chi connectivity index (χ0n) is 10.3. The zero-order chi connectivity index (χ0) is 12.3. The highest BCUT2D eigenvalue weighted by Crippen LogP contribution is 2.29. The van der Waals surface area contributed by atoms with Crippen molar-refractivity contribution in [3.8, 4) is 0 Å². The van der Waals surface area contributed by atoms with E-state index < -0.39 is 10.0 Å². The summed E-state index contributed by atoms with van der Waals surface area (Å²) in [6.07, 6.45) is 6.90. The molecule has 0 spiro atoms. The van der Waals surface area contributed by atoms with Gasteiger partial charge in [0, 0.05) is 18.6 Å². The molecule has 0 amide bonds. The van der Waals surface area contributed by atoms with E-state index in [1.165, 1.54) is 12.8 Å². The van der Waals surface area contributed by atoms with Gasteiger partial charge in [0.2, 0.25) is 10.0 Å². The standard InChI is InChI=1S/C12H22N2O2S/c1-2-9-14(12-6-7-12)17(15,16)10-3-8-13-11-4-5-11/h2,11-13H,1,3-10H2. The van der Waals surface area contributed by atoms with Crippen LogP contribution in [-0.4, -0.2) is 43.6 Å². The van der Waals surface area contributed by atoms with E-state index in [0.29, 0.717) is 19.0 Å². The molecule has 0 unspecified atom stereocenters. The molecule has 0 saturated heterocycles. The van der Waals surface area contributed by atoms with Gasteiger partial charge in [0.1, 0.15) is 0 Å². The van der Waals surface area contributed by atoms with Crippen LogP contribution >= 0.6 is 0 Å². The minimum atomic E-state index is -3.08. The molecule has 0 radical (unpaired) electrons. The third-order valence-electron chi connectivity index (χ3n) is 3.21. The van der Waals surface area contributed by atoms with E-state index in [9.17, 15) is 8.42 Å². The van der Waals surface area contributed by atoms with Crippen LogP contribution in [0.3, 0.4) is 0 Å². The fraction of sp³-hybridized carbons (Fsp3) is 0.833. The molecule has 2 saturated carbocycles. The molecule has 0 atom stereocenters.